The maximum Gasteiger partial charge on any atom is 0.224 e. The molecule has 0 radical (unpaired) electrons. The first kappa shape index (κ1) is 20.0. The molecule has 3 aromatic rings. The fourth-order valence-electron chi connectivity index (χ4n) is 5.73. The summed E-state index contributed by atoms with van der Waals surface area (Å²) in [5.41, 5.74) is 10.8. The number of nitrogen functional groups attached to an aromatic ring is 1. The molecule has 3 N–H and O–H groups in total. The van der Waals surface area contributed by atoms with Gasteiger partial charge in [-0.15, -0.1) is 0 Å². The number of benzene rings is 2. The van der Waals surface area contributed by atoms with E-state index < -0.39 is 0 Å². The van der Waals surface area contributed by atoms with Crippen LogP contribution < -0.4 is 10.5 Å². The molecular formula is C26H29N3O2. The third kappa shape index (κ3) is 3.90. The molecule has 0 aliphatic heterocycles. The molecule has 2 aliphatic rings. The quantitative estimate of drug-likeness (QED) is 0.643. The molecule has 0 unspecified atom stereocenters. The van der Waals surface area contributed by atoms with Crippen molar-refractivity contribution in [3.05, 3.63) is 77.0 Å². The van der Waals surface area contributed by atoms with Crippen LogP contribution in [0, 0.1) is 12.8 Å². The molecule has 0 saturated heterocycles. The van der Waals surface area contributed by atoms with Gasteiger partial charge >= 0.3 is 0 Å². The van der Waals surface area contributed by atoms with Crippen molar-refractivity contribution >= 4 is 5.95 Å². The molecule has 5 heteroatoms. The lowest BCUT2D eigenvalue weighted by atomic mass is 9.54. The summed E-state index contributed by atoms with van der Waals surface area (Å²) in [6.45, 7) is 1.88. The maximum atomic E-state index is 10.4. The molecule has 2 aliphatic carbocycles. The number of fused-ring (bicyclic) bond motifs is 3. The first-order chi connectivity index (χ1) is 15.0. The van der Waals surface area contributed by atoms with Crippen molar-refractivity contribution in [2.75, 3.05) is 5.73 Å². The largest absolute Gasteiger partial charge is 0.439 e. The minimum Gasteiger partial charge on any atom is -0.439 e. The molecule has 3 atom stereocenters. The molecule has 5 rings (SSSR count). The Labute approximate surface area is 183 Å². The van der Waals surface area contributed by atoms with Crippen molar-refractivity contribution in [1.29, 1.82) is 0 Å². The van der Waals surface area contributed by atoms with E-state index in [-0.39, 0.29) is 17.5 Å². The Morgan fingerprint density at radius 2 is 1.94 bits per heavy atom. The van der Waals surface area contributed by atoms with Crippen molar-refractivity contribution < 1.29 is 9.84 Å². The molecule has 160 valence electrons. The second-order valence-corrected chi connectivity index (χ2v) is 9.11. The van der Waals surface area contributed by atoms with Crippen LogP contribution >= 0.6 is 0 Å². The molecule has 0 bridgehead atoms. The minimum absolute atomic E-state index is 0.0721. The fraction of sp³-hybridized carbons (Fsp3) is 0.385. The van der Waals surface area contributed by atoms with Gasteiger partial charge in [-0.1, -0.05) is 36.4 Å². The number of aliphatic hydroxyl groups excluding tert-OH is 1. The topological polar surface area (TPSA) is 81.3 Å². The number of aryl methyl sites for hydroxylation is 2. The standard InChI is InChI=1S/C26H29N3O2/c1-17-13-24(29-25(27)28-17)31-22-9-10-23-19(14-22)7-8-20-15-21(30)11-12-26(20,23)16-18-5-3-2-4-6-18/h2-6,9-10,13-14,20-21,30H,7-8,11-12,15-16H2,1H3,(H2,27,28,29)/t20-,21-,26+/m1/s1. The predicted molar refractivity (Wildman–Crippen MR) is 121 cm³/mol. The highest BCUT2D eigenvalue weighted by Gasteiger charge is 2.47. The zero-order chi connectivity index (χ0) is 21.4. The molecular weight excluding hydrogens is 386 g/mol. The fourth-order valence-corrected chi connectivity index (χ4v) is 5.73. The van der Waals surface area contributed by atoms with E-state index in [0.29, 0.717) is 11.8 Å². The Morgan fingerprint density at radius 1 is 1.10 bits per heavy atom. The summed E-state index contributed by atoms with van der Waals surface area (Å²) < 4.78 is 6.04. The molecule has 0 amide bonds. The number of ether oxygens (including phenoxy) is 1. The smallest absolute Gasteiger partial charge is 0.224 e. The summed E-state index contributed by atoms with van der Waals surface area (Å²) >= 11 is 0. The lowest BCUT2D eigenvalue weighted by Crippen LogP contribution is -2.46. The van der Waals surface area contributed by atoms with E-state index in [1.54, 1.807) is 6.07 Å². The van der Waals surface area contributed by atoms with E-state index in [1.165, 1.54) is 16.7 Å². The van der Waals surface area contributed by atoms with Gasteiger partial charge in [0, 0.05) is 17.2 Å². The Kier molecular flexibility index (Phi) is 5.14. The molecule has 1 saturated carbocycles. The number of hydrogen-bond donors (Lipinski definition) is 2. The van der Waals surface area contributed by atoms with Crippen LogP contribution in [0.15, 0.2) is 54.6 Å². The van der Waals surface area contributed by atoms with Gasteiger partial charge < -0.3 is 15.6 Å². The van der Waals surface area contributed by atoms with E-state index in [4.69, 9.17) is 10.5 Å². The second-order valence-electron chi connectivity index (χ2n) is 9.11. The molecule has 5 nitrogen and oxygen atoms in total. The summed E-state index contributed by atoms with van der Waals surface area (Å²) in [5.74, 6) is 1.97. The van der Waals surface area contributed by atoms with Crippen molar-refractivity contribution in [2.24, 2.45) is 5.92 Å². The Bertz CT molecular complexity index is 1070. The van der Waals surface area contributed by atoms with Crippen LogP contribution in [-0.4, -0.2) is 21.2 Å². The van der Waals surface area contributed by atoms with Crippen LogP contribution in [0.2, 0.25) is 0 Å². The van der Waals surface area contributed by atoms with Crippen LogP contribution in [0.5, 0.6) is 11.6 Å². The van der Waals surface area contributed by atoms with Gasteiger partial charge in [0.05, 0.1) is 6.10 Å². The highest BCUT2D eigenvalue weighted by molar-refractivity contribution is 5.45. The van der Waals surface area contributed by atoms with E-state index in [2.05, 4.69) is 52.4 Å². The first-order valence-electron chi connectivity index (χ1n) is 11.2. The summed E-state index contributed by atoms with van der Waals surface area (Å²) in [5, 5.41) is 10.4. The Morgan fingerprint density at radius 3 is 2.74 bits per heavy atom. The Balaban J connectivity index is 1.50. The van der Waals surface area contributed by atoms with Crippen LogP contribution in [-0.2, 0) is 18.3 Å². The lowest BCUT2D eigenvalue weighted by Gasteiger charge is -2.50. The highest BCUT2D eigenvalue weighted by Crippen LogP contribution is 2.52. The van der Waals surface area contributed by atoms with Gasteiger partial charge in [0.25, 0.3) is 0 Å². The highest BCUT2D eigenvalue weighted by atomic mass is 16.5. The molecule has 1 aromatic heterocycles. The summed E-state index contributed by atoms with van der Waals surface area (Å²) in [7, 11) is 0. The summed E-state index contributed by atoms with van der Waals surface area (Å²) in [4.78, 5) is 8.31. The van der Waals surface area contributed by atoms with Gasteiger partial charge in [0.2, 0.25) is 11.8 Å². The Hall–Kier alpha value is -2.92. The number of rotatable bonds is 4. The van der Waals surface area contributed by atoms with Gasteiger partial charge in [-0.3, -0.25) is 0 Å². The van der Waals surface area contributed by atoms with Crippen LogP contribution in [0.1, 0.15) is 48.1 Å². The van der Waals surface area contributed by atoms with Gasteiger partial charge in [-0.2, -0.15) is 4.98 Å². The van der Waals surface area contributed by atoms with Crippen molar-refractivity contribution in [3.63, 3.8) is 0 Å². The summed E-state index contributed by atoms with van der Waals surface area (Å²) in [6, 6.07) is 19.0. The van der Waals surface area contributed by atoms with Crippen molar-refractivity contribution in [1.82, 2.24) is 9.97 Å². The number of nitrogens with two attached hydrogens (primary N) is 1. The first-order valence-corrected chi connectivity index (χ1v) is 11.2. The zero-order valence-corrected chi connectivity index (χ0v) is 17.9. The number of aromatic nitrogens is 2. The van der Waals surface area contributed by atoms with E-state index in [9.17, 15) is 5.11 Å². The van der Waals surface area contributed by atoms with Crippen LogP contribution in [0.25, 0.3) is 0 Å². The molecule has 1 fully saturated rings. The van der Waals surface area contributed by atoms with Crippen molar-refractivity contribution in [3.8, 4) is 11.6 Å². The third-order valence-corrected chi connectivity index (χ3v) is 7.07. The summed E-state index contributed by atoms with van der Waals surface area (Å²) in [6.07, 6.45) is 5.71. The third-order valence-electron chi connectivity index (χ3n) is 7.07. The average molecular weight is 416 g/mol. The normalized spacial score (nSPS) is 24.8. The van der Waals surface area contributed by atoms with E-state index >= 15 is 0 Å². The average Bonchev–Trinajstić information content (AvgIpc) is 2.74. The van der Waals surface area contributed by atoms with Crippen LogP contribution in [0.4, 0.5) is 5.95 Å². The zero-order valence-electron chi connectivity index (χ0n) is 17.9. The predicted octanol–water partition coefficient (Wildman–Crippen LogP) is 4.75. The molecule has 31 heavy (non-hydrogen) atoms. The molecule has 2 aromatic carbocycles. The maximum absolute atomic E-state index is 10.4. The number of nitrogens with zero attached hydrogens (tertiary/aromatic N) is 2. The van der Waals surface area contributed by atoms with Gasteiger partial charge in [0.1, 0.15) is 5.75 Å². The number of hydrogen-bond acceptors (Lipinski definition) is 5. The minimum atomic E-state index is -0.176. The second kappa shape index (κ2) is 7.97. The molecule has 1 heterocycles. The van der Waals surface area contributed by atoms with E-state index in [0.717, 1.165) is 50.0 Å². The van der Waals surface area contributed by atoms with Gasteiger partial charge in [-0.25, -0.2) is 4.98 Å². The number of aliphatic hydroxyl groups is 1. The monoisotopic (exact) mass is 415 g/mol. The lowest BCUT2D eigenvalue weighted by molar-refractivity contribution is 0.0405. The SMILES string of the molecule is Cc1cc(Oc2ccc3c(c2)CC[C@@H]2C[C@H](O)CC[C@@]32Cc2ccccc2)nc(N)n1. The van der Waals surface area contributed by atoms with E-state index in [1.807, 2.05) is 13.0 Å². The van der Waals surface area contributed by atoms with Gasteiger partial charge in [-0.05, 0) is 80.2 Å². The molecule has 0 spiro atoms. The number of anilines is 1. The van der Waals surface area contributed by atoms with Gasteiger partial charge in [0.15, 0.2) is 0 Å². The van der Waals surface area contributed by atoms with Crippen molar-refractivity contribution in [2.45, 2.75) is 57.0 Å². The van der Waals surface area contributed by atoms with Crippen LogP contribution in [0.3, 0.4) is 0 Å².